The Bertz CT molecular complexity index is 1510. The molecule has 1 aliphatic rings. The van der Waals surface area contributed by atoms with Gasteiger partial charge in [0.15, 0.2) is 0 Å². The Kier molecular flexibility index (Phi) is 8.08. The van der Waals surface area contributed by atoms with Gasteiger partial charge in [-0.05, 0) is 48.0 Å². The molecule has 4 rings (SSSR count). The van der Waals surface area contributed by atoms with Gasteiger partial charge in [0.05, 0.1) is 49.5 Å². The topological polar surface area (TPSA) is 124 Å². The minimum Gasteiger partial charge on any atom is -0.497 e. The summed E-state index contributed by atoms with van der Waals surface area (Å²) in [6, 6.07) is 22.5. The minimum absolute atomic E-state index is 0.0453. The van der Waals surface area contributed by atoms with Gasteiger partial charge in [0.25, 0.3) is 0 Å². The lowest BCUT2D eigenvalue weighted by molar-refractivity contribution is -0.139. The summed E-state index contributed by atoms with van der Waals surface area (Å²) in [5.74, 6) is -1.21. The predicted octanol–water partition coefficient (Wildman–Crippen LogP) is 5.04. The number of nitriles is 1. The first-order chi connectivity index (χ1) is 18.8. The number of carbonyl (C=O) groups is 2. The average molecular weight is 546 g/mol. The number of allylic oxidation sites excluding steroid dienone is 1. The smallest absolute Gasteiger partial charge is 0.355 e. The number of nitrogens with zero attached hydrogens (tertiary/aromatic N) is 2. The third-order valence-corrected chi connectivity index (χ3v) is 6.37. The second kappa shape index (κ2) is 11.6. The highest BCUT2D eigenvalue weighted by Gasteiger charge is 2.43. The second-order valence-electron chi connectivity index (χ2n) is 8.23. The molecule has 3 aromatic rings. The van der Waals surface area contributed by atoms with Crippen molar-refractivity contribution in [2.45, 2.75) is 5.92 Å². The molecule has 198 valence electrons. The summed E-state index contributed by atoms with van der Waals surface area (Å²) in [7, 11) is 3.93. The molecule has 10 heteroatoms. The number of esters is 2. The summed E-state index contributed by atoms with van der Waals surface area (Å²) in [5.41, 5.74) is 7.13. The molecule has 0 fully saturated rings. The van der Waals surface area contributed by atoms with Crippen LogP contribution in [0.4, 0.5) is 5.69 Å². The van der Waals surface area contributed by atoms with E-state index in [1.54, 1.807) is 73.8 Å². The largest absolute Gasteiger partial charge is 0.497 e. The molecule has 0 aromatic heterocycles. The monoisotopic (exact) mass is 545 g/mol. The first kappa shape index (κ1) is 27.1. The molecule has 1 heterocycles. The van der Waals surface area contributed by atoms with Crippen molar-refractivity contribution >= 4 is 29.2 Å². The minimum atomic E-state index is -0.970. The van der Waals surface area contributed by atoms with Crippen molar-refractivity contribution in [3.05, 3.63) is 106 Å². The molecular weight excluding hydrogens is 522 g/mol. The normalized spacial score (nSPS) is 14.9. The molecule has 1 aliphatic heterocycles. The zero-order chi connectivity index (χ0) is 28.1. The first-order valence-corrected chi connectivity index (χ1v) is 12.0. The van der Waals surface area contributed by atoms with Crippen molar-refractivity contribution in [2.75, 3.05) is 26.2 Å². The molecule has 1 unspecified atom stereocenters. The number of benzene rings is 3. The average Bonchev–Trinajstić information content (AvgIpc) is 2.97. The van der Waals surface area contributed by atoms with Gasteiger partial charge in [-0.3, -0.25) is 4.90 Å². The first-order valence-electron chi connectivity index (χ1n) is 11.6. The highest BCUT2D eigenvalue weighted by atomic mass is 35.5. The molecule has 0 radical (unpaired) electrons. The van der Waals surface area contributed by atoms with Crippen molar-refractivity contribution in [3.8, 4) is 23.3 Å². The summed E-state index contributed by atoms with van der Waals surface area (Å²) < 4.78 is 21.1. The van der Waals surface area contributed by atoms with Crippen LogP contribution in [-0.2, 0) is 19.1 Å². The van der Waals surface area contributed by atoms with E-state index >= 15 is 0 Å². The molecule has 3 aromatic carbocycles. The summed E-state index contributed by atoms with van der Waals surface area (Å²) in [6.07, 6.45) is 0. The maximum Gasteiger partial charge on any atom is 0.355 e. The molecule has 1 atom stereocenters. The zero-order valence-corrected chi connectivity index (χ0v) is 22.1. The lowest BCUT2D eigenvalue weighted by Gasteiger charge is -2.36. The molecule has 39 heavy (non-hydrogen) atoms. The number of carbonyl (C=O) groups excluding carboxylic acids is 2. The quantitative estimate of drug-likeness (QED) is 0.406. The van der Waals surface area contributed by atoms with Crippen LogP contribution >= 0.6 is 11.6 Å². The Morgan fingerprint density at radius 2 is 1.56 bits per heavy atom. The maximum atomic E-state index is 13.2. The van der Waals surface area contributed by atoms with Gasteiger partial charge in [-0.25, -0.2) is 9.59 Å². The van der Waals surface area contributed by atoms with Crippen molar-refractivity contribution in [3.63, 3.8) is 0 Å². The van der Waals surface area contributed by atoms with Gasteiger partial charge in [-0.15, -0.1) is 0 Å². The maximum absolute atomic E-state index is 13.2. The van der Waals surface area contributed by atoms with Crippen LogP contribution < -0.4 is 20.1 Å². The summed E-state index contributed by atoms with van der Waals surface area (Å²) in [5, 5.41) is 10.3. The van der Waals surface area contributed by atoms with Gasteiger partial charge < -0.3 is 24.7 Å². The van der Waals surface area contributed by atoms with Crippen LogP contribution in [0.3, 0.4) is 0 Å². The van der Waals surface area contributed by atoms with Crippen LogP contribution in [0.2, 0.25) is 5.02 Å². The van der Waals surface area contributed by atoms with E-state index in [1.807, 2.05) is 0 Å². The number of halogens is 1. The number of rotatable bonds is 7. The van der Waals surface area contributed by atoms with E-state index in [9.17, 15) is 14.9 Å². The van der Waals surface area contributed by atoms with E-state index in [1.165, 1.54) is 25.2 Å². The number of nitrogens with two attached hydrogens (primary N) is 1. The fourth-order valence-corrected chi connectivity index (χ4v) is 4.48. The van der Waals surface area contributed by atoms with Crippen molar-refractivity contribution in [1.82, 2.24) is 0 Å². The summed E-state index contributed by atoms with van der Waals surface area (Å²) in [4.78, 5) is 27.6. The Morgan fingerprint density at radius 3 is 2.13 bits per heavy atom. The van der Waals surface area contributed by atoms with Crippen molar-refractivity contribution < 1.29 is 28.5 Å². The Labute approximate surface area is 230 Å². The molecule has 0 amide bonds. The molecule has 0 aliphatic carbocycles. The Morgan fingerprint density at radius 1 is 0.923 bits per heavy atom. The Balaban J connectivity index is 1.87. The molecule has 0 bridgehead atoms. The molecule has 0 spiro atoms. The van der Waals surface area contributed by atoms with E-state index in [-0.39, 0.29) is 27.7 Å². The Hall–Kier alpha value is -4.94. The fraction of sp³-hybridized carbons (Fsp3) is 0.138. The second-order valence-corrected chi connectivity index (χ2v) is 8.63. The van der Waals surface area contributed by atoms with Crippen molar-refractivity contribution in [1.29, 1.82) is 5.26 Å². The SMILES string of the molecule is COC(=O)C1=C(C(=O)OC)N(c2ccc(Oc3ccc(OC)cc3)c(Cl)c2)C(N)=C(C#N)C1c1ccccc1. The lowest BCUT2D eigenvalue weighted by atomic mass is 9.81. The number of methoxy groups -OCH3 is 3. The van der Waals surface area contributed by atoms with E-state index < -0.39 is 17.9 Å². The third kappa shape index (κ3) is 5.23. The van der Waals surface area contributed by atoms with Gasteiger partial charge >= 0.3 is 11.9 Å². The van der Waals surface area contributed by atoms with Crippen LogP contribution in [0.15, 0.2) is 95.5 Å². The van der Waals surface area contributed by atoms with Gasteiger partial charge in [-0.1, -0.05) is 41.9 Å². The third-order valence-electron chi connectivity index (χ3n) is 6.07. The summed E-state index contributed by atoms with van der Waals surface area (Å²) in [6.45, 7) is 0. The van der Waals surface area contributed by atoms with E-state index in [4.69, 9.17) is 36.3 Å². The molecule has 0 saturated heterocycles. The number of hydrogen-bond donors (Lipinski definition) is 1. The van der Waals surface area contributed by atoms with Crippen LogP contribution in [-0.4, -0.2) is 33.3 Å². The number of ether oxygens (including phenoxy) is 4. The van der Waals surface area contributed by atoms with Crippen LogP contribution in [0.25, 0.3) is 0 Å². The van der Waals surface area contributed by atoms with Gasteiger partial charge in [0.2, 0.25) is 0 Å². The van der Waals surface area contributed by atoms with Crippen LogP contribution in [0.1, 0.15) is 11.5 Å². The van der Waals surface area contributed by atoms with Gasteiger partial charge in [-0.2, -0.15) is 5.26 Å². The molecule has 9 nitrogen and oxygen atoms in total. The highest BCUT2D eigenvalue weighted by Crippen LogP contribution is 2.44. The number of hydrogen-bond acceptors (Lipinski definition) is 9. The number of anilines is 1. The summed E-state index contributed by atoms with van der Waals surface area (Å²) >= 11 is 6.56. The predicted molar refractivity (Wildman–Crippen MR) is 144 cm³/mol. The van der Waals surface area contributed by atoms with E-state index in [0.29, 0.717) is 28.5 Å². The molecular formula is C29H24ClN3O6. The van der Waals surface area contributed by atoms with E-state index in [0.717, 1.165) is 0 Å². The zero-order valence-electron chi connectivity index (χ0n) is 21.3. The van der Waals surface area contributed by atoms with Crippen molar-refractivity contribution in [2.24, 2.45) is 5.73 Å². The fourth-order valence-electron chi connectivity index (χ4n) is 4.26. The van der Waals surface area contributed by atoms with Gasteiger partial charge in [0, 0.05) is 5.69 Å². The van der Waals surface area contributed by atoms with Gasteiger partial charge in [0.1, 0.15) is 28.8 Å². The van der Waals surface area contributed by atoms with Crippen LogP contribution in [0.5, 0.6) is 17.2 Å². The lowest BCUT2D eigenvalue weighted by Crippen LogP contribution is -2.40. The van der Waals surface area contributed by atoms with E-state index in [2.05, 4.69) is 6.07 Å². The molecule has 2 N–H and O–H groups in total. The highest BCUT2D eigenvalue weighted by molar-refractivity contribution is 6.32. The standard InChI is InChI=1S/C29H24ClN3O6/c1-36-19-10-12-20(13-11-19)39-23-14-9-18(15-22(23)30)33-26(29(35)38-3)25(28(34)37-2)24(21(16-31)27(33)32)17-7-5-4-6-8-17/h4-15,24H,32H2,1-3H3. The van der Waals surface area contributed by atoms with Crippen LogP contribution in [0, 0.1) is 11.3 Å². The molecule has 0 saturated carbocycles.